The number of rotatable bonds is 1. The topological polar surface area (TPSA) is 64.1 Å². The summed E-state index contributed by atoms with van der Waals surface area (Å²) in [5.74, 6) is 5.17. The van der Waals surface area contributed by atoms with Gasteiger partial charge in [-0.25, -0.2) is 0 Å². The summed E-state index contributed by atoms with van der Waals surface area (Å²) < 4.78 is 0. The number of hydrogen-bond acceptors (Lipinski definition) is 3. The van der Waals surface area contributed by atoms with Gasteiger partial charge in [-0.1, -0.05) is 19.9 Å². The van der Waals surface area contributed by atoms with Crippen molar-refractivity contribution in [2.45, 2.75) is 20.8 Å². The summed E-state index contributed by atoms with van der Waals surface area (Å²) in [6.07, 6.45) is 0. The second-order valence-electron chi connectivity index (χ2n) is 2.24. The molecule has 0 aliphatic rings. The number of aryl methyl sites for hydroxylation is 1. The quantitative estimate of drug-likeness (QED) is 0.340. The van der Waals surface area contributed by atoms with Crippen molar-refractivity contribution >= 4 is 11.4 Å². The Hall–Kier alpha value is -1.22. The van der Waals surface area contributed by atoms with Crippen LogP contribution in [0, 0.1) is 6.92 Å². The van der Waals surface area contributed by atoms with Crippen molar-refractivity contribution in [2.75, 3.05) is 11.2 Å². The Morgan fingerprint density at radius 3 is 2.25 bits per heavy atom. The molecule has 0 bridgehead atoms. The minimum atomic E-state index is 0.683. The fourth-order valence-electron chi connectivity index (χ4n) is 0.814. The zero-order valence-corrected chi connectivity index (χ0v) is 7.89. The summed E-state index contributed by atoms with van der Waals surface area (Å²) in [7, 11) is 0. The van der Waals surface area contributed by atoms with Gasteiger partial charge in [-0.05, 0) is 24.6 Å². The van der Waals surface area contributed by atoms with E-state index in [1.807, 2.05) is 39.0 Å². The molecule has 3 nitrogen and oxygen atoms in total. The largest absolute Gasteiger partial charge is 0.397 e. The molecule has 0 heterocycles. The molecule has 1 rings (SSSR count). The molecule has 0 unspecified atom stereocenters. The minimum Gasteiger partial charge on any atom is -0.397 e. The lowest BCUT2D eigenvalue weighted by atomic mass is 10.2. The number of anilines is 2. The fourth-order valence-corrected chi connectivity index (χ4v) is 0.814. The highest BCUT2D eigenvalue weighted by molar-refractivity contribution is 5.66. The Balaban J connectivity index is 0.000000561. The van der Waals surface area contributed by atoms with Gasteiger partial charge >= 0.3 is 0 Å². The molecule has 0 spiro atoms. The first-order chi connectivity index (χ1) is 5.74. The molecule has 68 valence electrons. The van der Waals surface area contributed by atoms with Crippen LogP contribution in [-0.4, -0.2) is 0 Å². The van der Waals surface area contributed by atoms with E-state index >= 15 is 0 Å². The SMILES string of the molecule is CC.Cc1ccc(NN)c(N)c1. The molecule has 0 amide bonds. The van der Waals surface area contributed by atoms with Gasteiger partial charge in [-0.15, -0.1) is 0 Å². The zero-order valence-electron chi connectivity index (χ0n) is 7.89. The van der Waals surface area contributed by atoms with E-state index in [0.29, 0.717) is 5.69 Å². The second-order valence-corrected chi connectivity index (χ2v) is 2.24. The van der Waals surface area contributed by atoms with Crippen LogP contribution in [0.4, 0.5) is 11.4 Å². The first-order valence-electron chi connectivity index (χ1n) is 4.07. The number of nitrogens with two attached hydrogens (primary N) is 2. The van der Waals surface area contributed by atoms with Crippen LogP contribution >= 0.6 is 0 Å². The molecule has 1 aromatic carbocycles. The number of hydrazine groups is 1. The van der Waals surface area contributed by atoms with E-state index in [1.54, 1.807) is 0 Å². The van der Waals surface area contributed by atoms with E-state index in [-0.39, 0.29) is 0 Å². The van der Waals surface area contributed by atoms with Gasteiger partial charge in [-0.3, -0.25) is 5.84 Å². The monoisotopic (exact) mass is 167 g/mol. The Morgan fingerprint density at radius 1 is 1.25 bits per heavy atom. The summed E-state index contributed by atoms with van der Waals surface area (Å²) in [4.78, 5) is 0. The lowest BCUT2D eigenvalue weighted by molar-refractivity contribution is 1.34. The van der Waals surface area contributed by atoms with Crippen molar-refractivity contribution in [3.63, 3.8) is 0 Å². The van der Waals surface area contributed by atoms with Gasteiger partial charge in [0, 0.05) is 0 Å². The van der Waals surface area contributed by atoms with Crippen LogP contribution in [0.25, 0.3) is 0 Å². The number of hydrogen-bond donors (Lipinski definition) is 3. The fraction of sp³-hybridized carbons (Fsp3) is 0.333. The summed E-state index contributed by atoms with van der Waals surface area (Å²) in [6, 6.07) is 5.67. The van der Waals surface area contributed by atoms with Gasteiger partial charge in [-0.2, -0.15) is 0 Å². The van der Waals surface area contributed by atoms with Crippen LogP contribution in [0.3, 0.4) is 0 Å². The molecular weight excluding hydrogens is 150 g/mol. The van der Waals surface area contributed by atoms with E-state index in [0.717, 1.165) is 11.3 Å². The van der Waals surface area contributed by atoms with Gasteiger partial charge in [0.15, 0.2) is 0 Å². The third kappa shape index (κ3) is 2.80. The molecule has 0 aliphatic carbocycles. The molecule has 0 radical (unpaired) electrons. The highest BCUT2D eigenvalue weighted by Crippen LogP contribution is 2.17. The maximum Gasteiger partial charge on any atom is 0.0716 e. The molecule has 3 heteroatoms. The normalized spacial score (nSPS) is 8.33. The Labute approximate surface area is 73.7 Å². The van der Waals surface area contributed by atoms with Crippen LogP contribution < -0.4 is 17.0 Å². The number of nitrogens with one attached hydrogen (secondary N) is 1. The van der Waals surface area contributed by atoms with Crippen LogP contribution in [0.2, 0.25) is 0 Å². The van der Waals surface area contributed by atoms with Gasteiger partial charge < -0.3 is 11.2 Å². The number of benzene rings is 1. The molecule has 0 saturated heterocycles. The highest BCUT2D eigenvalue weighted by Gasteiger charge is 1.93. The maximum atomic E-state index is 5.59. The van der Waals surface area contributed by atoms with Crippen molar-refractivity contribution < 1.29 is 0 Å². The van der Waals surface area contributed by atoms with Crippen molar-refractivity contribution in [3.8, 4) is 0 Å². The third-order valence-electron chi connectivity index (χ3n) is 1.36. The second kappa shape index (κ2) is 5.43. The summed E-state index contributed by atoms with van der Waals surface area (Å²) in [6.45, 7) is 5.98. The summed E-state index contributed by atoms with van der Waals surface area (Å²) >= 11 is 0. The predicted molar refractivity (Wildman–Crippen MR) is 54.7 cm³/mol. The van der Waals surface area contributed by atoms with Crippen LogP contribution in [0.5, 0.6) is 0 Å². The van der Waals surface area contributed by atoms with Crippen molar-refractivity contribution in [1.82, 2.24) is 0 Å². The van der Waals surface area contributed by atoms with Crippen LogP contribution in [0.1, 0.15) is 19.4 Å². The molecule has 0 aromatic heterocycles. The molecule has 0 fully saturated rings. The minimum absolute atomic E-state index is 0.683. The molecule has 0 aliphatic heterocycles. The first-order valence-corrected chi connectivity index (χ1v) is 4.07. The molecule has 12 heavy (non-hydrogen) atoms. The average molecular weight is 167 g/mol. The summed E-state index contributed by atoms with van der Waals surface area (Å²) in [5.41, 5.74) is 10.7. The molecule has 5 N–H and O–H groups in total. The lowest BCUT2D eigenvalue weighted by Gasteiger charge is -2.03. The van der Waals surface area contributed by atoms with Gasteiger partial charge in [0.25, 0.3) is 0 Å². The number of nitrogen functional groups attached to an aromatic ring is 2. The standard InChI is InChI=1S/C7H11N3.C2H6/c1-5-2-3-7(10-9)6(8)4-5;1-2/h2-4,10H,8-9H2,1H3;1-2H3. The van der Waals surface area contributed by atoms with Gasteiger partial charge in [0.2, 0.25) is 0 Å². The molecule has 0 saturated carbocycles. The third-order valence-corrected chi connectivity index (χ3v) is 1.36. The van der Waals surface area contributed by atoms with Crippen molar-refractivity contribution in [1.29, 1.82) is 0 Å². The van der Waals surface area contributed by atoms with E-state index < -0.39 is 0 Å². The maximum absolute atomic E-state index is 5.59. The Kier molecular flexibility index (Phi) is 4.88. The van der Waals surface area contributed by atoms with E-state index in [9.17, 15) is 0 Å². The zero-order chi connectivity index (χ0) is 9.56. The van der Waals surface area contributed by atoms with Crippen LogP contribution in [-0.2, 0) is 0 Å². The van der Waals surface area contributed by atoms with Gasteiger partial charge in [0.1, 0.15) is 0 Å². The lowest BCUT2D eigenvalue weighted by Crippen LogP contribution is -2.08. The highest BCUT2D eigenvalue weighted by atomic mass is 15.2. The van der Waals surface area contributed by atoms with E-state index in [4.69, 9.17) is 11.6 Å². The first kappa shape index (κ1) is 10.8. The van der Waals surface area contributed by atoms with Crippen LogP contribution in [0.15, 0.2) is 18.2 Å². The Bertz CT molecular complexity index is 233. The smallest absolute Gasteiger partial charge is 0.0716 e. The van der Waals surface area contributed by atoms with Crippen molar-refractivity contribution in [3.05, 3.63) is 23.8 Å². The molecular formula is C9H17N3. The predicted octanol–water partition coefficient (Wildman–Crippen LogP) is 1.89. The molecule has 1 aromatic rings. The van der Waals surface area contributed by atoms with Crippen molar-refractivity contribution in [2.24, 2.45) is 5.84 Å². The average Bonchev–Trinajstić information content (AvgIpc) is 2.08. The molecule has 0 atom stereocenters. The van der Waals surface area contributed by atoms with E-state index in [1.165, 1.54) is 0 Å². The summed E-state index contributed by atoms with van der Waals surface area (Å²) in [5, 5.41) is 0. The van der Waals surface area contributed by atoms with E-state index in [2.05, 4.69) is 5.43 Å². The van der Waals surface area contributed by atoms with Gasteiger partial charge in [0.05, 0.1) is 11.4 Å². The Morgan fingerprint density at radius 2 is 1.83 bits per heavy atom.